The van der Waals surface area contributed by atoms with Crippen molar-refractivity contribution in [1.82, 2.24) is 0 Å². The smallest absolute Gasteiger partial charge is 0.374 e. The highest BCUT2D eigenvalue weighted by Crippen LogP contribution is 2.20. The summed E-state index contributed by atoms with van der Waals surface area (Å²) in [6, 6.07) is 0. The first kappa shape index (κ1) is 15.5. The van der Waals surface area contributed by atoms with Crippen molar-refractivity contribution in [1.29, 1.82) is 5.41 Å². The lowest BCUT2D eigenvalue weighted by Gasteiger charge is -2.10. The zero-order valence-electron chi connectivity index (χ0n) is 10.4. The predicted molar refractivity (Wildman–Crippen MR) is 80.6 cm³/mol. The van der Waals surface area contributed by atoms with Crippen molar-refractivity contribution in [3.63, 3.8) is 0 Å². The second-order valence-corrected chi connectivity index (χ2v) is 6.08. The van der Waals surface area contributed by atoms with Gasteiger partial charge >= 0.3 is 5.97 Å². The molecule has 0 amide bonds. The van der Waals surface area contributed by atoms with Crippen molar-refractivity contribution in [3.05, 3.63) is 23.1 Å². The molecule has 0 bridgehead atoms. The van der Waals surface area contributed by atoms with E-state index in [1.165, 1.54) is 6.08 Å². The van der Waals surface area contributed by atoms with Gasteiger partial charge in [0.1, 0.15) is 5.76 Å². The van der Waals surface area contributed by atoms with Gasteiger partial charge in [-0.05, 0) is 17.0 Å². The topological polar surface area (TPSA) is 113 Å². The molecule has 104 valence electrons. The summed E-state index contributed by atoms with van der Waals surface area (Å²) >= 11 is -0.587. The molecule has 4 N–H and O–H groups in total. The molecule has 0 fully saturated rings. The summed E-state index contributed by atoms with van der Waals surface area (Å²) in [7, 11) is 0. The van der Waals surface area contributed by atoms with Gasteiger partial charge in [0.2, 0.25) is 5.78 Å². The molecular weight excluding hydrogens is 363 g/mol. The van der Waals surface area contributed by atoms with Crippen molar-refractivity contribution >= 4 is 40.2 Å². The first-order chi connectivity index (χ1) is 8.95. The van der Waals surface area contributed by atoms with Crippen molar-refractivity contribution in [3.8, 4) is 0 Å². The second kappa shape index (κ2) is 7.17. The molecule has 0 atom stereocenters. The van der Waals surface area contributed by atoms with E-state index in [2.05, 4.69) is 4.74 Å². The van der Waals surface area contributed by atoms with Gasteiger partial charge in [-0.3, -0.25) is 10.2 Å². The highest BCUT2D eigenvalue weighted by Gasteiger charge is 2.17. The van der Waals surface area contributed by atoms with Crippen LogP contribution >= 0.6 is 20.7 Å². The van der Waals surface area contributed by atoms with Gasteiger partial charge in [-0.15, -0.1) is 0 Å². The molecule has 0 spiro atoms. The Morgan fingerprint density at radius 1 is 1.47 bits per heavy atom. The van der Waals surface area contributed by atoms with Gasteiger partial charge in [0.05, 0.1) is 10.3 Å². The zero-order valence-corrected chi connectivity index (χ0v) is 12.6. The standard InChI is InChI=1S/C12H15IN2O4/c1-2-19-12(18)10(17)4-3-9(16)7-6-13-11(15)5-8(7)14/h5-6,15-16H,2-4,14H2,1H3. The summed E-state index contributed by atoms with van der Waals surface area (Å²) in [5.41, 5.74) is 6.49. The highest BCUT2D eigenvalue weighted by molar-refractivity contribution is 14.2. The third kappa shape index (κ3) is 4.58. The van der Waals surface area contributed by atoms with Crippen molar-refractivity contribution in [2.45, 2.75) is 19.8 Å². The van der Waals surface area contributed by atoms with Crippen LogP contribution in [0.25, 0.3) is 0 Å². The van der Waals surface area contributed by atoms with Crippen LogP contribution in [-0.2, 0) is 14.3 Å². The number of halogens is 1. The molecule has 0 saturated carbocycles. The number of ketones is 1. The minimum atomic E-state index is -0.884. The van der Waals surface area contributed by atoms with Gasteiger partial charge in [-0.25, -0.2) is 4.79 Å². The minimum Gasteiger partial charge on any atom is -0.512 e. The summed E-state index contributed by atoms with van der Waals surface area (Å²) in [5.74, 6) is -1.58. The van der Waals surface area contributed by atoms with E-state index in [1.54, 1.807) is 10.9 Å². The van der Waals surface area contributed by atoms with E-state index in [-0.39, 0.29) is 25.2 Å². The van der Waals surface area contributed by atoms with Gasteiger partial charge in [0.15, 0.2) is 0 Å². The maximum Gasteiger partial charge on any atom is 0.374 e. The summed E-state index contributed by atoms with van der Waals surface area (Å²) < 4.78 is 6.77. The van der Waals surface area contributed by atoms with Gasteiger partial charge in [0, 0.05) is 24.1 Å². The molecule has 7 heteroatoms. The molecule has 0 aliphatic carbocycles. The Balaban J connectivity index is 2.65. The fourth-order valence-electron chi connectivity index (χ4n) is 1.33. The number of allylic oxidation sites excluding steroid dienone is 3. The number of carbonyl (C=O) groups excluding carboxylic acids is 2. The summed E-state index contributed by atoms with van der Waals surface area (Å²) in [6.07, 6.45) is 1.42. The quantitative estimate of drug-likeness (QED) is 0.289. The van der Waals surface area contributed by atoms with Gasteiger partial charge in [-0.1, -0.05) is 20.7 Å². The summed E-state index contributed by atoms with van der Waals surface area (Å²) in [4.78, 5) is 22.5. The van der Waals surface area contributed by atoms with E-state index >= 15 is 0 Å². The Morgan fingerprint density at radius 3 is 2.74 bits per heavy atom. The Bertz CT molecular complexity index is 506. The van der Waals surface area contributed by atoms with Crippen LogP contribution in [0, 0.1) is 5.41 Å². The second-order valence-electron chi connectivity index (χ2n) is 3.67. The van der Waals surface area contributed by atoms with Crippen molar-refractivity contribution in [2.75, 3.05) is 6.61 Å². The van der Waals surface area contributed by atoms with Crippen LogP contribution in [0.2, 0.25) is 0 Å². The van der Waals surface area contributed by atoms with Crippen LogP contribution in [0.5, 0.6) is 0 Å². The molecule has 6 nitrogen and oxygen atoms in total. The molecule has 0 aromatic rings. The van der Waals surface area contributed by atoms with Gasteiger partial charge in [-0.2, -0.15) is 0 Å². The minimum absolute atomic E-state index is 0.0291. The molecule has 1 rings (SSSR count). The molecule has 1 aliphatic rings. The first-order valence-electron chi connectivity index (χ1n) is 5.60. The van der Waals surface area contributed by atoms with Crippen molar-refractivity contribution < 1.29 is 19.4 Å². The lowest BCUT2D eigenvalue weighted by Crippen LogP contribution is -2.17. The van der Waals surface area contributed by atoms with Crippen LogP contribution in [0.15, 0.2) is 23.1 Å². The average Bonchev–Trinajstić information content (AvgIpc) is 2.35. The van der Waals surface area contributed by atoms with Gasteiger partial charge in [0.25, 0.3) is 0 Å². The molecule has 1 aliphatic heterocycles. The van der Waals surface area contributed by atoms with E-state index < -0.39 is 32.5 Å². The van der Waals surface area contributed by atoms with E-state index in [1.807, 2.05) is 0 Å². The third-order valence-electron chi connectivity index (χ3n) is 2.28. The van der Waals surface area contributed by atoms with E-state index in [4.69, 9.17) is 11.1 Å². The van der Waals surface area contributed by atoms with Crippen LogP contribution in [0.1, 0.15) is 19.8 Å². The SMILES string of the molecule is CCOC(=O)C(=O)CCC(O)=C1C=IC(=N)C=C1N. The molecule has 0 unspecified atom stereocenters. The average molecular weight is 378 g/mol. The van der Waals surface area contributed by atoms with Crippen LogP contribution in [-0.4, -0.2) is 31.2 Å². The first-order valence-corrected chi connectivity index (χ1v) is 7.93. The fourth-order valence-corrected chi connectivity index (χ4v) is 3.21. The number of aliphatic hydroxyl groups is 1. The van der Waals surface area contributed by atoms with Crippen LogP contribution < -0.4 is 5.73 Å². The Hall–Kier alpha value is -1.51. The number of rotatable bonds is 5. The van der Waals surface area contributed by atoms with E-state index in [0.717, 1.165) is 0 Å². The van der Waals surface area contributed by atoms with E-state index in [0.29, 0.717) is 15.0 Å². The highest BCUT2D eigenvalue weighted by atomic mass is 127. The van der Waals surface area contributed by atoms with Crippen LogP contribution in [0.3, 0.4) is 0 Å². The number of Topliss-reactive ketones (excluding diaryl/α,β-unsaturated/α-hetero) is 1. The summed E-state index contributed by atoms with van der Waals surface area (Å²) in [6.45, 7) is 1.76. The lowest BCUT2D eigenvalue weighted by molar-refractivity contribution is -0.153. The molecule has 0 radical (unpaired) electrons. The number of hydrogen-bond acceptors (Lipinski definition) is 6. The Labute approximate surface area is 120 Å². The number of hydrogen-bond donors (Lipinski definition) is 3. The number of nitrogens with two attached hydrogens (primary N) is 1. The lowest BCUT2D eigenvalue weighted by atomic mass is 10.1. The molecule has 1 heterocycles. The molecule has 0 aromatic heterocycles. The number of aliphatic hydroxyl groups excluding tert-OH is 1. The molecule has 0 saturated heterocycles. The number of esters is 1. The predicted octanol–water partition coefficient (Wildman–Crippen LogP) is 1.32. The van der Waals surface area contributed by atoms with Crippen LogP contribution in [0.4, 0.5) is 0 Å². The molecule has 0 aromatic carbocycles. The molecular formula is C12H15IN2O4. The van der Waals surface area contributed by atoms with E-state index in [9.17, 15) is 14.7 Å². The Kier molecular flexibility index (Phi) is 5.87. The maximum atomic E-state index is 11.4. The molecule has 19 heavy (non-hydrogen) atoms. The number of ether oxygens (including phenoxy) is 1. The third-order valence-corrected chi connectivity index (χ3v) is 4.19. The zero-order chi connectivity index (χ0) is 14.4. The van der Waals surface area contributed by atoms with Crippen molar-refractivity contribution in [2.24, 2.45) is 5.73 Å². The number of carbonyl (C=O) groups is 2. The summed E-state index contributed by atoms with van der Waals surface area (Å²) in [5, 5.41) is 17.3. The number of nitrogens with one attached hydrogen (secondary N) is 1. The van der Waals surface area contributed by atoms with Gasteiger partial charge < -0.3 is 15.6 Å². The monoisotopic (exact) mass is 378 g/mol. The Morgan fingerprint density at radius 2 is 2.16 bits per heavy atom. The normalized spacial score (nSPS) is 17.3. The fraction of sp³-hybridized carbons (Fsp3) is 0.333. The maximum absolute atomic E-state index is 11.4. The largest absolute Gasteiger partial charge is 0.512 e.